The van der Waals surface area contributed by atoms with Crippen LogP contribution in [-0.4, -0.2) is 22.5 Å². The average molecular weight is 428 g/mol. The first-order valence-electron chi connectivity index (χ1n) is 12.4. The summed E-state index contributed by atoms with van der Waals surface area (Å²) in [5.74, 6) is 0.941. The number of hydrogen-bond donors (Lipinski definition) is 0. The van der Waals surface area contributed by atoms with Gasteiger partial charge in [0.2, 0.25) is 8.32 Å². The van der Waals surface area contributed by atoms with Gasteiger partial charge in [0.25, 0.3) is 0 Å². The first-order chi connectivity index (χ1) is 13.2. The van der Waals surface area contributed by atoms with Crippen LogP contribution >= 0.6 is 0 Å². The van der Waals surface area contributed by atoms with Crippen molar-refractivity contribution in [1.82, 2.24) is 0 Å². The van der Waals surface area contributed by atoms with Crippen molar-refractivity contribution < 1.29 is 4.43 Å². The van der Waals surface area contributed by atoms with Crippen LogP contribution in [0.2, 0.25) is 38.8 Å². The molecule has 0 unspecified atom stereocenters. The molecule has 0 saturated carbocycles. The molecular weight excluding hydrogens is 374 g/mol. The molecular formula is C24H53NOSi2. The molecule has 4 heteroatoms. The van der Waals surface area contributed by atoms with Crippen LogP contribution in [0, 0.1) is 0 Å². The average Bonchev–Trinajstić information content (AvgIpc) is 2.56. The molecule has 0 radical (unpaired) electrons. The Kier molecular flexibility index (Phi) is 16.6. The zero-order valence-electron chi connectivity index (χ0n) is 20.7. The minimum Gasteiger partial charge on any atom is -0.535 e. The fourth-order valence-electron chi connectivity index (χ4n) is 3.87. The third-order valence-corrected chi connectivity index (χ3v) is 8.69. The van der Waals surface area contributed by atoms with Gasteiger partial charge in [0.05, 0.1) is 0 Å². The Bertz CT molecular complexity index is 389. The topological polar surface area (TPSA) is 21.6 Å². The summed E-state index contributed by atoms with van der Waals surface area (Å²) in [6, 6.07) is 1.27. The molecule has 0 aromatic carbocycles. The molecule has 0 bridgehead atoms. The largest absolute Gasteiger partial charge is 0.535 e. The van der Waals surface area contributed by atoms with E-state index in [2.05, 4.69) is 46.6 Å². The minimum absolute atomic E-state index is 0.941. The summed E-state index contributed by atoms with van der Waals surface area (Å²) in [6.07, 6.45) is 21.5. The second-order valence-corrected chi connectivity index (χ2v) is 19.2. The first kappa shape index (κ1) is 27.9. The zero-order chi connectivity index (χ0) is 21.3. The molecule has 2 nitrogen and oxygen atoms in total. The van der Waals surface area contributed by atoms with Crippen molar-refractivity contribution in [3.8, 4) is 0 Å². The second kappa shape index (κ2) is 16.7. The smallest absolute Gasteiger partial charge is 0.246 e. The Morgan fingerprint density at radius 1 is 0.607 bits per heavy atom. The summed E-state index contributed by atoms with van der Waals surface area (Å²) < 4.78 is 11.0. The van der Waals surface area contributed by atoms with Crippen LogP contribution in [0.25, 0.3) is 0 Å². The van der Waals surface area contributed by atoms with Gasteiger partial charge in [-0.1, -0.05) is 103 Å². The van der Waals surface area contributed by atoms with Crippen LogP contribution in [0.3, 0.4) is 0 Å². The van der Waals surface area contributed by atoms with Gasteiger partial charge in [-0.25, -0.2) is 0 Å². The summed E-state index contributed by atoms with van der Waals surface area (Å²) in [7, 11) is -2.99. The third kappa shape index (κ3) is 20.6. The van der Waals surface area contributed by atoms with Crippen LogP contribution in [-0.2, 0) is 4.43 Å². The summed E-state index contributed by atoms with van der Waals surface area (Å²) in [4.78, 5) is 0. The predicted molar refractivity (Wildman–Crippen MR) is 135 cm³/mol. The van der Waals surface area contributed by atoms with Gasteiger partial charge in [-0.2, -0.15) is 0 Å². The van der Waals surface area contributed by atoms with E-state index in [0.29, 0.717) is 0 Å². The number of hydrogen-bond acceptors (Lipinski definition) is 2. The quantitative estimate of drug-likeness (QED) is 0.0923. The fourth-order valence-corrected chi connectivity index (χ4v) is 7.00. The number of rotatable bonds is 18. The Balaban J connectivity index is 3.48. The van der Waals surface area contributed by atoms with Crippen molar-refractivity contribution in [3.63, 3.8) is 0 Å². The van der Waals surface area contributed by atoms with E-state index < -0.39 is 16.6 Å². The van der Waals surface area contributed by atoms with Crippen molar-refractivity contribution in [2.75, 3.05) is 0 Å². The molecule has 0 atom stereocenters. The first-order valence-corrected chi connectivity index (χ1v) is 19.0. The Labute approximate surface area is 180 Å². The highest BCUT2D eigenvalue weighted by atomic mass is 28.4. The molecule has 0 N–H and O–H groups in total. The van der Waals surface area contributed by atoms with E-state index in [1.807, 2.05) is 0 Å². The minimum atomic E-state index is -1.58. The van der Waals surface area contributed by atoms with Crippen LogP contribution < -0.4 is 0 Å². The maximum absolute atomic E-state index is 6.26. The molecule has 0 spiro atoms. The fraction of sp³-hybridized carbons (Fsp3) is 0.958. The van der Waals surface area contributed by atoms with Gasteiger partial charge in [0.15, 0.2) is 14.1 Å². The SMILES string of the molecule is CCCCCCCCCCCCCCCCC[Si](C)(C)OC(C)=N[Si](C)(C)C. The van der Waals surface area contributed by atoms with E-state index in [1.165, 1.54) is 102 Å². The van der Waals surface area contributed by atoms with Crippen LogP contribution in [0.5, 0.6) is 0 Å². The van der Waals surface area contributed by atoms with E-state index in [-0.39, 0.29) is 0 Å². The Morgan fingerprint density at radius 3 is 1.32 bits per heavy atom. The van der Waals surface area contributed by atoms with Gasteiger partial charge in [-0.3, -0.25) is 4.66 Å². The van der Waals surface area contributed by atoms with E-state index in [0.717, 1.165) is 5.90 Å². The Hall–Kier alpha value is -0.0962. The maximum Gasteiger partial charge on any atom is 0.246 e. The summed E-state index contributed by atoms with van der Waals surface area (Å²) in [6.45, 7) is 15.8. The van der Waals surface area contributed by atoms with Gasteiger partial charge in [0, 0.05) is 6.92 Å². The molecule has 0 rings (SSSR count). The van der Waals surface area contributed by atoms with E-state index in [4.69, 9.17) is 9.08 Å². The molecule has 0 aliphatic heterocycles. The van der Waals surface area contributed by atoms with Crippen molar-refractivity contribution in [1.29, 1.82) is 0 Å². The van der Waals surface area contributed by atoms with Crippen LogP contribution in [0.15, 0.2) is 4.66 Å². The normalized spacial score (nSPS) is 13.2. The molecule has 0 aromatic heterocycles. The lowest BCUT2D eigenvalue weighted by atomic mass is 10.0. The number of nitrogens with zero attached hydrogens (tertiary/aromatic N) is 1. The third-order valence-electron chi connectivity index (χ3n) is 5.30. The molecule has 168 valence electrons. The molecule has 0 saturated heterocycles. The summed E-state index contributed by atoms with van der Waals surface area (Å²) >= 11 is 0. The lowest BCUT2D eigenvalue weighted by Crippen LogP contribution is -2.33. The van der Waals surface area contributed by atoms with Crippen LogP contribution in [0.1, 0.15) is 110 Å². The maximum atomic E-state index is 6.26. The summed E-state index contributed by atoms with van der Waals surface area (Å²) in [5.41, 5.74) is 0. The highest BCUT2D eigenvalue weighted by Gasteiger charge is 2.25. The summed E-state index contributed by atoms with van der Waals surface area (Å²) in [5, 5.41) is 0. The molecule has 0 heterocycles. The van der Waals surface area contributed by atoms with Gasteiger partial charge < -0.3 is 4.43 Å². The van der Waals surface area contributed by atoms with Gasteiger partial charge >= 0.3 is 0 Å². The second-order valence-electron chi connectivity index (χ2n) is 10.4. The van der Waals surface area contributed by atoms with Gasteiger partial charge in [0.1, 0.15) is 0 Å². The van der Waals surface area contributed by atoms with Crippen molar-refractivity contribution in [2.24, 2.45) is 4.66 Å². The van der Waals surface area contributed by atoms with E-state index >= 15 is 0 Å². The lowest BCUT2D eigenvalue weighted by molar-refractivity contribution is 0.520. The molecule has 0 fully saturated rings. The molecule has 28 heavy (non-hydrogen) atoms. The van der Waals surface area contributed by atoms with Crippen molar-refractivity contribution >= 4 is 22.5 Å². The highest BCUT2D eigenvalue weighted by Crippen LogP contribution is 2.19. The standard InChI is InChI=1S/C24H53NOSi2/c1-8-9-10-11-12-13-14-15-16-17-18-19-20-21-22-23-28(6,7)26-24(2)25-27(3,4)5/h8-23H2,1-7H3. The molecule has 0 amide bonds. The van der Waals surface area contributed by atoms with Crippen molar-refractivity contribution in [2.45, 2.75) is 149 Å². The highest BCUT2D eigenvalue weighted by molar-refractivity contribution is 6.76. The van der Waals surface area contributed by atoms with E-state index in [1.54, 1.807) is 0 Å². The monoisotopic (exact) mass is 427 g/mol. The molecule has 0 aliphatic rings. The molecule has 0 aliphatic carbocycles. The lowest BCUT2D eigenvalue weighted by Gasteiger charge is -2.25. The zero-order valence-corrected chi connectivity index (χ0v) is 22.7. The van der Waals surface area contributed by atoms with Gasteiger partial charge in [-0.15, -0.1) is 0 Å². The Morgan fingerprint density at radius 2 is 0.964 bits per heavy atom. The van der Waals surface area contributed by atoms with E-state index in [9.17, 15) is 0 Å². The molecule has 0 aromatic rings. The van der Waals surface area contributed by atoms with Crippen LogP contribution in [0.4, 0.5) is 0 Å². The predicted octanol–water partition coefficient (Wildman–Crippen LogP) is 9.33. The van der Waals surface area contributed by atoms with Crippen molar-refractivity contribution in [3.05, 3.63) is 0 Å². The number of unbranched alkanes of at least 4 members (excludes halogenated alkanes) is 14. The van der Waals surface area contributed by atoms with Gasteiger partial charge in [-0.05, 0) is 38.8 Å².